The van der Waals surface area contributed by atoms with Crippen molar-refractivity contribution < 1.29 is 14.6 Å². The molecule has 6 heteroatoms. The van der Waals surface area contributed by atoms with Crippen LogP contribution in [-0.2, 0) is 4.79 Å². The van der Waals surface area contributed by atoms with Gasteiger partial charge in [-0.2, -0.15) is 5.10 Å². The Bertz CT molecular complexity index is 864. The van der Waals surface area contributed by atoms with E-state index in [1.807, 2.05) is 57.2 Å². The van der Waals surface area contributed by atoms with E-state index in [2.05, 4.69) is 10.1 Å². The number of phenols is 1. The molecule has 1 unspecified atom stereocenters. The summed E-state index contributed by atoms with van der Waals surface area (Å²) in [5, 5.41) is 13.4. The number of carbonyl (C=O) groups is 1. The van der Waals surface area contributed by atoms with E-state index in [9.17, 15) is 9.90 Å². The van der Waals surface area contributed by atoms with Crippen molar-refractivity contribution in [1.82, 2.24) is 14.8 Å². The summed E-state index contributed by atoms with van der Waals surface area (Å²) in [7, 11) is 0. The smallest absolute Gasteiger partial charge is 0.252 e. The van der Waals surface area contributed by atoms with Crippen molar-refractivity contribution in [2.45, 2.75) is 27.0 Å². The zero-order valence-corrected chi connectivity index (χ0v) is 15.0. The molecule has 1 atom stereocenters. The fraction of sp³-hybridized carbons (Fsp3) is 0.250. The van der Waals surface area contributed by atoms with Gasteiger partial charge in [-0.1, -0.05) is 45.0 Å². The van der Waals surface area contributed by atoms with E-state index in [0.29, 0.717) is 5.75 Å². The van der Waals surface area contributed by atoms with Crippen LogP contribution in [0.15, 0.2) is 61.2 Å². The van der Waals surface area contributed by atoms with Crippen molar-refractivity contribution in [3.8, 4) is 22.6 Å². The third-order valence-corrected chi connectivity index (χ3v) is 3.94. The number of phenolic OH excluding ortho intramolecular Hbond substituents is 1. The number of aromatic hydroxyl groups is 1. The fourth-order valence-corrected chi connectivity index (χ4v) is 2.45. The van der Waals surface area contributed by atoms with Crippen molar-refractivity contribution in [3.63, 3.8) is 0 Å². The number of benzene rings is 2. The van der Waals surface area contributed by atoms with Crippen LogP contribution < -0.4 is 4.74 Å². The summed E-state index contributed by atoms with van der Waals surface area (Å²) in [4.78, 5) is 16.7. The van der Waals surface area contributed by atoms with Gasteiger partial charge >= 0.3 is 0 Å². The molecule has 0 radical (unpaired) electrons. The molecule has 1 aromatic heterocycles. The predicted octanol–water partition coefficient (Wildman–Crippen LogP) is 3.84. The van der Waals surface area contributed by atoms with Crippen molar-refractivity contribution in [2.75, 3.05) is 0 Å². The number of nitrogens with zero attached hydrogens (tertiary/aromatic N) is 3. The standard InChI is InChI=1S/C20H21N3O3/c1-20(2,3)18(25)19(23-13-21-12-22-23)26-17-10-6-15(7-11-17)14-4-8-16(24)9-5-14/h4-13,19,24H,1-3H3. The van der Waals surface area contributed by atoms with E-state index in [4.69, 9.17) is 4.74 Å². The SMILES string of the molecule is CC(C)(C)C(=O)C(Oc1ccc(-c2ccc(O)cc2)cc1)n1cncn1. The third-order valence-electron chi connectivity index (χ3n) is 3.94. The zero-order chi connectivity index (χ0) is 18.7. The maximum atomic E-state index is 12.8. The molecule has 26 heavy (non-hydrogen) atoms. The van der Waals surface area contributed by atoms with Crippen LogP contribution in [0.5, 0.6) is 11.5 Å². The third kappa shape index (κ3) is 3.91. The van der Waals surface area contributed by atoms with E-state index in [-0.39, 0.29) is 11.5 Å². The molecule has 0 aliphatic rings. The van der Waals surface area contributed by atoms with Crippen molar-refractivity contribution in [2.24, 2.45) is 5.41 Å². The minimum absolute atomic E-state index is 0.0920. The number of ether oxygens (including phenoxy) is 1. The molecule has 0 saturated heterocycles. The van der Waals surface area contributed by atoms with Crippen LogP contribution in [0, 0.1) is 5.41 Å². The molecule has 0 amide bonds. The molecule has 1 N–H and O–H groups in total. The van der Waals surface area contributed by atoms with E-state index in [1.54, 1.807) is 12.1 Å². The second-order valence-corrected chi connectivity index (χ2v) is 7.03. The number of hydrogen-bond acceptors (Lipinski definition) is 5. The van der Waals surface area contributed by atoms with Gasteiger partial charge in [-0.3, -0.25) is 4.79 Å². The highest BCUT2D eigenvalue weighted by Crippen LogP contribution is 2.28. The summed E-state index contributed by atoms with van der Waals surface area (Å²) in [5.74, 6) is 0.696. The van der Waals surface area contributed by atoms with Gasteiger partial charge in [0.2, 0.25) is 5.78 Å². The van der Waals surface area contributed by atoms with Crippen LogP contribution in [0.3, 0.4) is 0 Å². The Morgan fingerprint density at radius 1 is 1.04 bits per heavy atom. The lowest BCUT2D eigenvalue weighted by Crippen LogP contribution is -2.34. The molecule has 0 aliphatic carbocycles. The second-order valence-electron chi connectivity index (χ2n) is 7.03. The molecule has 3 aromatic rings. The summed E-state index contributed by atoms with van der Waals surface area (Å²) in [6.45, 7) is 5.53. The lowest BCUT2D eigenvalue weighted by molar-refractivity contribution is -0.138. The first-order valence-corrected chi connectivity index (χ1v) is 8.29. The van der Waals surface area contributed by atoms with Crippen molar-refractivity contribution in [1.29, 1.82) is 0 Å². The maximum absolute atomic E-state index is 12.8. The molecule has 134 valence electrons. The lowest BCUT2D eigenvalue weighted by atomic mass is 9.90. The van der Waals surface area contributed by atoms with Gasteiger partial charge in [0.25, 0.3) is 6.23 Å². The van der Waals surface area contributed by atoms with Gasteiger partial charge in [-0.15, -0.1) is 0 Å². The molecule has 0 fully saturated rings. The molecule has 0 spiro atoms. The molecular formula is C20H21N3O3. The molecule has 0 bridgehead atoms. The van der Waals surface area contributed by atoms with Gasteiger partial charge < -0.3 is 9.84 Å². The Balaban J connectivity index is 1.83. The topological polar surface area (TPSA) is 77.2 Å². The number of Topliss-reactive ketones (excluding diaryl/α,β-unsaturated/α-hetero) is 1. The first-order chi connectivity index (χ1) is 12.3. The number of ketones is 1. The summed E-state index contributed by atoms with van der Waals surface area (Å²) in [5.41, 5.74) is 1.38. The van der Waals surface area contributed by atoms with Crippen LogP contribution in [-0.4, -0.2) is 25.7 Å². The average Bonchev–Trinajstić information content (AvgIpc) is 3.14. The van der Waals surface area contributed by atoms with Gasteiger partial charge in [-0.25, -0.2) is 9.67 Å². The monoisotopic (exact) mass is 351 g/mol. The molecular weight excluding hydrogens is 330 g/mol. The highest BCUT2D eigenvalue weighted by Gasteiger charge is 2.33. The van der Waals surface area contributed by atoms with E-state index < -0.39 is 11.6 Å². The van der Waals surface area contributed by atoms with Crippen LogP contribution in [0.4, 0.5) is 0 Å². The van der Waals surface area contributed by atoms with Crippen LogP contribution in [0.25, 0.3) is 11.1 Å². The lowest BCUT2D eigenvalue weighted by Gasteiger charge is -2.25. The van der Waals surface area contributed by atoms with E-state index in [0.717, 1.165) is 11.1 Å². The second kappa shape index (κ2) is 7.00. The Morgan fingerprint density at radius 2 is 1.62 bits per heavy atom. The Hall–Kier alpha value is -3.15. The van der Waals surface area contributed by atoms with Crippen LogP contribution in [0.1, 0.15) is 27.0 Å². The van der Waals surface area contributed by atoms with Crippen molar-refractivity contribution in [3.05, 3.63) is 61.2 Å². The summed E-state index contributed by atoms with van der Waals surface area (Å²) >= 11 is 0. The van der Waals surface area contributed by atoms with E-state index >= 15 is 0 Å². The summed E-state index contributed by atoms with van der Waals surface area (Å²) in [6.07, 6.45) is 1.97. The van der Waals surface area contributed by atoms with Gasteiger partial charge in [-0.05, 0) is 35.4 Å². The average molecular weight is 351 g/mol. The quantitative estimate of drug-likeness (QED) is 0.755. The number of rotatable bonds is 5. The molecule has 3 rings (SSSR count). The molecule has 6 nitrogen and oxygen atoms in total. The summed E-state index contributed by atoms with van der Waals surface area (Å²) in [6, 6.07) is 14.4. The minimum atomic E-state index is -0.878. The van der Waals surface area contributed by atoms with Crippen LogP contribution in [0.2, 0.25) is 0 Å². The molecule has 1 heterocycles. The number of hydrogen-bond donors (Lipinski definition) is 1. The van der Waals surface area contributed by atoms with E-state index in [1.165, 1.54) is 17.3 Å². The fourth-order valence-electron chi connectivity index (χ4n) is 2.45. The Labute approximate surface area is 152 Å². The zero-order valence-electron chi connectivity index (χ0n) is 15.0. The molecule has 0 saturated carbocycles. The van der Waals surface area contributed by atoms with Gasteiger partial charge in [0.15, 0.2) is 0 Å². The van der Waals surface area contributed by atoms with Gasteiger partial charge in [0.1, 0.15) is 24.2 Å². The largest absolute Gasteiger partial charge is 0.508 e. The molecule has 2 aromatic carbocycles. The number of carbonyl (C=O) groups excluding carboxylic acids is 1. The van der Waals surface area contributed by atoms with Gasteiger partial charge in [0.05, 0.1) is 0 Å². The Morgan fingerprint density at radius 3 is 2.12 bits per heavy atom. The highest BCUT2D eigenvalue weighted by atomic mass is 16.5. The first-order valence-electron chi connectivity index (χ1n) is 8.29. The van der Waals surface area contributed by atoms with Crippen molar-refractivity contribution >= 4 is 5.78 Å². The normalized spacial score (nSPS) is 12.6. The van der Waals surface area contributed by atoms with Gasteiger partial charge in [0, 0.05) is 5.41 Å². The van der Waals surface area contributed by atoms with Crippen LogP contribution >= 0.6 is 0 Å². The molecule has 0 aliphatic heterocycles. The predicted molar refractivity (Wildman–Crippen MR) is 97.7 cm³/mol. The Kier molecular flexibility index (Phi) is 4.75. The number of aromatic nitrogens is 3. The minimum Gasteiger partial charge on any atom is -0.508 e. The highest BCUT2D eigenvalue weighted by molar-refractivity contribution is 5.86. The first kappa shape index (κ1) is 17.7. The summed E-state index contributed by atoms with van der Waals surface area (Å²) < 4.78 is 7.35. The maximum Gasteiger partial charge on any atom is 0.252 e.